The smallest absolute Gasteiger partial charge is 0.305 e. The number of hydrogen-bond acceptors (Lipinski definition) is 11. The Morgan fingerprint density at radius 1 is 0.333 bits per heavy atom. The van der Waals surface area contributed by atoms with Crippen LogP contribution in [0.4, 0.5) is 0 Å². The largest absolute Gasteiger partial charge is 0.481 e. The first-order chi connectivity index (χ1) is 17.6. The van der Waals surface area contributed by atoms with Gasteiger partial charge in [0, 0.05) is 13.2 Å². The van der Waals surface area contributed by atoms with Crippen LogP contribution in [0.2, 0.25) is 0 Å². The molecule has 36 heavy (non-hydrogen) atoms. The van der Waals surface area contributed by atoms with Gasteiger partial charge in [-0.2, -0.15) is 0 Å². The number of carboxylic acids is 2. The second-order valence-corrected chi connectivity index (χ2v) is 7.15. The first-order valence-corrected chi connectivity index (χ1v) is 12.3. The molecule has 0 unspecified atom stereocenters. The third kappa shape index (κ3) is 32.6. The van der Waals surface area contributed by atoms with E-state index in [0.717, 1.165) is 0 Å². The van der Waals surface area contributed by atoms with E-state index in [4.69, 9.17) is 52.8 Å². The third-order valence-corrected chi connectivity index (χ3v) is 4.10. The van der Waals surface area contributed by atoms with Gasteiger partial charge in [0.05, 0.1) is 119 Å². The lowest BCUT2D eigenvalue weighted by atomic mass is 10.4. The minimum Gasteiger partial charge on any atom is -0.481 e. The highest BCUT2D eigenvalue weighted by atomic mass is 16.6. The summed E-state index contributed by atoms with van der Waals surface area (Å²) >= 11 is 0. The van der Waals surface area contributed by atoms with Crippen LogP contribution in [0.3, 0.4) is 0 Å². The Kier molecular flexibility index (Phi) is 28.6. The van der Waals surface area contributed by atoms with Gasteiger partial charge < -0.3 is 52.8 Å². The normalized spacial score (nSPS) is 11.2. The van der Waals surface area contributed by atoms with Crippen LogP contribution < -0.4 is 0 Å². The van der Waals surface area contributed by atoms with E-state index in [-0.39, 0.29) is 26.1 Å². The minimum absolute atomic E-state index is 0.00469. The maximum absolute atomic E-state index is 10.3. The van der Waals surface area contributed by atoms with Crippen molar-refractivity contribution < 1.29 is 62.4 Å². The number of hydrogen-bond donors (Lipinski definition) is 2. The molecule has 0 saturated carbocycles. The zero-order valence-corrected chi connectivity index (χ0v) is 21.2. The quantitative estimate of drug-likeness (QED) is 0.120. The first-order valence-electron chi connectivity index (χ1n) is 12.3. The number of carboxylic acid groups (broad SMARTS) is 2. The number of rotatable bonds is 31. The summed E-state index contributed by atoms with van der Waals surface area (Å²) in [7, 11) is 0. The molecule has 0 aliphatic heterocycles. The van der Waals surface area contributed by atoms with Gasteiger partial charge in [-0.05, 0) is 6.42 Å². The number of ether oxygens (including phenoxy) is 9. The van der Waals surface area contributed by atoms with Gasteiger partial charge in [-0.15, -0.1) is 0 Å². The highest BCUT2D eigenvalue weighted by Gasteiger charge is 1.98. The van der Waals surface area contributed by atoms with Gasteiger partial charge in [0.15, 0.2) is 0 Å². The standard InChI is InChI=1S/C23H44O13/c24-22(25)2-6-28-4-1-5-29-8-10-31-12-14-33-16-18-35-20-21-36-19-17-34-15-13-32-11-9-30-7-3-23(26)27/h1-21H2,(H,24,25)(H,26,27). The fraction of sp³-hybridized carbons (Fsp3) is 0.913. The van der Waals surface area contributed by atoms with Crippen LogP contribution in [0, 0.1) is 0 Å². The Morgan fingerprint density at radius 3 is 0.778 bits per heavy atom. The monoisotopic (exact) mass is 528 g/mol. The fourth-order valence-corrected chi connectivity index (χ4v) is 2.33. The molecule has 0 aromatic heterocycles. The van der Waals surface area contributed by atoms with Crippen LogP contribution >= 0.6 is 0 Å². The van der Waals surface area contributed by atoms with Gasteiger partial charge in [-0.3, -0.25) is 9.59 Å². The summed E-state index contributed by atoms with van der Waals surface area (Å²) in [5, 5.41) is 16.9. The maximum atomic E-state index is 10.3. The van der Waals surface area contributed by atoms with Gasteiger partial charge in [0.1, 0.15) is 0 Å². The molecule has 0 bridgehead atoms. The molecule has 0 saturated heterocycles. The van der Waals surface area contributed by atoms with Crippen LogP contribution in [0.15, 0.2) is 0 Å². The highest BCUT2D eigenvalue weighted by molar-refractivity contribution is 5.67. The van der Waals surface area contributed by atoms with E-state index in [1.54, 1.807) is 0 Å². The lowest BCUT2D eigenvalue weighted by Crippen LogP contribution is -2.15. The fourth-order valence-electron chi connectivity index (χ4n) is 2.33. The highest BCUT2D eigenvalue weighted by Crippen LogP contribution is 1.89. The van der Waals surface area contributed by atoms with Gasteiger partial charge in [-0.1, -0.05) is 0 Å². The zero-order valence-electron chi connectivity index (χ0n) is 21.2. The summed E-state index contributed by atoms with van der Waals surface area (Å²) in [6, 6.07) is 0. The Hall–Kier alpha value is -1.42. The molecule has 0 aliphatic carbocycles. The molecule has 0 rings (SSSR count). The SMILES string of the molecule is O=C(O)CCOCCCOCCOCCOCCOCCOCCOCCOCCOCCC(=O)O. The molecule has 2 N–H and O–H groups in total. The summed E-state index contributed by atoms with van der Waals surface area (Å²) in [6.07, 6.45) is 0.731. The van der Waals surface area contributed by atoms with Crippen molar-refractivity contribution in [3.8, 4) is 0 Å². The van der Waals surface area contributed by atoms with Gasteiger partial charge in [0.2, 0.25) is 0 Å². The van der Waals surface area contributed by atoms with Crippen molar-refractivity contribution in [3.63, 3.8) is 0 Å². The Bertz CT molecular complexity index is 437. The predicted molar refractivity (Wildman–Crippen MR) is 126 cm³/mol. The lowest BCUT2D eigenvalue weighted by Gasteiger charge is -2.08. The molecule has 214 valence electrons. The van der Waals surface area contributed by atoms with Crippen molar-refractivity contribution in [2.45, 2.75) is 19.3 Å². The molecular formula is C23H44O13. The summed E-state index contributed by atoms with van der Waals surface area (Å²) in [4.78, 5) is 20.6. The van der Waals surface area contributed by atoms with Crippen molar-refractivity contribution in [2.75, 3.05) is 119 Å². The molecule has 0 heterocycles. The molecule has 0 aromatic rings. The molecule has 0 spiro atoms. The topological polar surface area (TPSA) is 158 Å². The molecule has 0 atom stereocenters. The second kappa shape index (κ2) is 29.8. The number of carbonyl (C=O) groups is 2. The van der Waals surface area contributed by atoms with Crippen LogP contribution in [0.5, 0.6) is 0 Å². The zero-order chi connectivity index (χ0) is 26.4. The average Bonchev–Trinajstić information content (AvgIpc) is 2.85. The van der Waals surface area contributed by atoms with E-state index in [9.17, 15) is 9.59 Å². The Balaban J connectivity index is 3.03. The van der Waals surface area contributed by atoms with E-state index in [2.05, 4.69) is 0 Å². The van der Waals surface area contributed by atoms with E-state index in [1.807, 2.05) is 0 Å². The molecule has 0 radical (unpaired) electrons. The molecule has 0 aromatic carbocycles. The Labute approximate surface area is 213 Å². The van der Waals surface area contributed by atoms with Crippen LogP contribution in [-0.2, 0) is 52.2 Å². The molecule has 0 aliphatic rings. The van der Waals surface area contributed by atoms with Gasteiger partial charge in [0.25, 0.3) is 0 Å². The molecule has 0 fully saturated rings. The molecular weight excluding hydrogens is 484 g/mol. The van der Waals surface area contributed by atoms with Gasteiger partial charge >= 0.3 is 11.9 Å². The molecule has 13 nitrogen and oxygen atoms in total. The summed E-state index contributed by atoms with van der Waals surface area (Å²) < 4.78 is 47.9. The average molecular weight is 529 g/mol. The third-order valence-electron chi connectivity index (χ3n) is 4.10. The predicted octanol–water partition coefficient (Wildman–Crippen LogP) is 0.475. The van der Waals surface area contributed by atoms with Crippen LogP contribution in [0.25, 0.3) is 0 Å². The van der Waals surface area contributed by atoms with Gasteiger partial charge in [-0.25, -0.2) is 0 Å². The van der Waals surface area contributed by atoms with Crippen LogP contribution in [-0.4, -0.2) is 141 Å². The van der Waals surface area contributed by atoms with E-state index in [0.29, 0.717) is 112 Å². The van der Waals surface area contributed by atoms with Crippen molar-refractivity contribution in [1.29, 1.82) is 0 Å². The minimum atomic E-state index is -0.877. The molecule has 13 heteroatoms. The van der Waals surface area contributed by atoms with E-state index >= 15 is 0 Å². The van der Waals surface area contributed by atoms with Crippen molar-refractivity contribution >= 4 is 11.9 Å². The van der Waals surface area contributed by atoms with Crippen molar-refractivity contribution in [2.24, 2.45) is 0 Å². The molecule has 0 amide bonds. The summed E-state index contributed by atoms with van der Waals surface area (Å²) in [5.74, 6) is -1.74. The lowest BCUT2D eigenvalue weighted by molar-refractivity contribution is -0.139. The van der Waals surface area contributed by atoms with Crippen molar-refractivity contribution in [1.82, 2.24) is 0 Å². The Morgan fingerprint density at radius 2 is 0.528 bits per heavy atom. The second-order valence-electron chi connectivity index (χ2n) is 7.15. The summed E-state index contributed by atoms with van der Waals surface area (Å²) in [5.41, 5.74) is 0. The van der Waals surface area contributed by atoms with Crippen LogP contribution in [0.1, 0.15) is 19.3 Å². The van der Waals surface area contributed by atoms with E-state index < -0.39 is 11.9 Å². The van der Waals surface area contributed by atoms with E-state index in [1.165, 1.54) is 0 Å². The first kappa shape index (κ1) is 34.6. The maximum Gasteiger partial charge on any atom is 0.305 e. The summed E-state index contributed by atoms with van der Waals surface area (Å²) in [6.45, 7) is 7.91. The van der Waals surface area contributed by atoms with Crippen molar-refractivity contribution in [3.05, 3.63) is 0 Å². The number of aliphatic carboxylic acids is 2.